The van der Waals surface area contributed by atoms with Gasteiger partial charge < -0.3 is 40.0 Å². The highest BCUT2D eigenvalue weighted by atomic mass is 35.5. The van der Waals surface area contributed by atoms with Crippen molar-refractivity contribution >= 4 is 54.1 Å². The minimum Gasteiger partial charge on any atom is -0.444 e. The van der Waals surface area contributed by atoms with Gasteiger partial charge in [-0.15, -0.1) is 24.8 Å². The molecular weight excluding hydrogens is 1020 g/mol. The lowest BCUT2D eigenvalue weighted by atomic mass is 9.79. The molecule has 3 amide bonds. The third kappa shape index (κ3) is 16.6. The first-order valence-electron chi connectivity index (χ1n) is 27.2. The van der Waals surface area contributed by atoms with Crippen LogP contribution in [0.4, 0.5) is 25.0 Å². The lowest BCUT2D eigenvalue weighted by molar-refractivity contribution is -0.00254. The molecule has 2 fully saturated rings. The summed E-state index contributed by atoms with van der Waals surface area (Å²) in [6, 6.07) is 9.68. The minimum atomic E-state index is -0.582. The number of carbonyl (C=O) groups excluding carboxylic acids is 3. The number of benzene rings is 2. The summed E-state index contributed by atoms with van der Waals surface area (Å²) in [7, 11) is 0. The Labute approximate surface area is 469 Å². The van der Waals surface area contributed by atoms with E-state index in [0.29, 0.717) is 65.2 Å². The first-order valence-corrected chi connectivity index (χ1v) is 27.2. The summed E-state index contributed by atoms with van der Waals surface area (Å²) in [4.78, 5) is 76.5. The van der Waals surface area contributed by atoms with Crippen molar-refractivity contribution < 1.29 is 27.9 Å². The van der Waals surface area contributed by atoms with E-state index in [2.05, 4.69) is 51.2 Å². The van der Waals surface area contributed by atoms with E-state index in [1.54, 1.807) is 11.0 Å². The predicted octanol–water partition coefficient (Wildman–Crippen LogP) is 12.9. The number of nitrogens with zero attached hydrogens (tertiary/aromatic N) is 3. The molecule has 17 heteroatoms. The molecule has 13 nitrogen and oxygen atoms in total. The Morgan fingerprint density at radius 1 is 0.636 bits per heavy atom. The molecule has 0 radical (unpaired) electrons. The van der Waals surface area contributed by atoms with E-state index >= 15 is 4.39 Å². The second-order valence-corrected chi connectivity index (χ2v) is 23.2. The first kappa shape index (κ1) is 65.9. The lowest BCUT2D eigenvalue weighted by Crippen LogP contribution is -2.56. The second-order valence-electron chi connectivity index (χ2n) is 23.2. The van der Waals surface area contributed by atoms with Crippen LogP contribution < -0.4 is 31.6 Å². The van der Waals surface area contributed by atoms with Gasteiger partial charge in [0, 0.05) is 95.4 Å². The minimum absolute atomic E-state index is 0. The van der Waals surface area contributed by atoms with Gasteiger partial charge >= 0.3 is 6.09 Å². The zero-order valence-electron chi connectivity index (χ0n) is 48.8. The van der Waals surface area contributed by atoms with Gasteiger partial charge in [0.05, 0.1) is 0 Å². The van der Waals surface area contributed by atoms with Crippen LogP contribution in [0.1, 0.15) is 199 Å². The van der Waals surface area contributed by atoms with E-state index in [1.807, 2.05) is 109 Å². The van der Waals surface area contributed by atoms with Crippen LogP contribution in [0.25, 0.3) is 0 Å². The van der Waals surface area contributed by atoms with Gasteiger partial charge in [-0.1, -0.05) is 41.5 Å². The lowest BCUT2D eigenvalue weighted by Gasteiger charge is -2.47. The highest BCUT2D eigenvalue weighted by Crippen LogP contribution is 2.37. The summed E-state index contributed by atoms with van der Waals surface area (Å²) in [6.45, 7) is 35.2. The normalized spacial score (nSPS) is 19.3. The third-order valence-corrected chi connectivity index (χ3v) is 15.0. The zero-order valence-corrected chi connectivity index (χ0v) is 50.4. The number of aromatic amines is 2. The van der Waals surface area contributed by atoms with Gasteiger partial charge in [0.15, 0.2) is 0 Å². The van der Waals surface area contributed by atoms with Crippen LogP contribution in [0.2, 0.25) is 0 Å². The number of aromatic nitrogens is 2. The van der Waals surface area contributed by atoms with Gasteiger partial charge in [-0.3, -0.25) is 19.2 Å². The zero-order chi connectivity index (χ0) is 56.0. The molecule has 6 rings (SSSR count). The number of carbonyl (C=O) groups is 3. The SMILES string of the molecule is CCN(c1cc(F)cc(C(=O)NCc2c(C(C)C)cc(C)[nH]c2=O)c1C)C1C[C@@H](C)C[C@H](C)C1.CCN(c1cc(F)cc(C(=O)NCc2c(C(C)C)cc(C)[nH]c2=O)c1C)C1C[C@@H](C)N(C(=O)OC(C)(C)C)[C@H](C)C1.Cl.Cl. The number of halogens is 4. The average Bonchev–Trinajstić information content (AvgIpc) is 3.29. The summed E-state index contributed by atoms with van der Waals surface area (Å²) < 4.78 is 35.4. The molecule has 3 heterocycles. The number of hydrogen-bond donors (Lipinski definition) is 4. The summed E-state index contributed by atoms with van der Waals surface area (Å²) >= 11 is 0. The number of amides is 3. The maximum absolute atomic E-state index is 15.0. The van der Waals surface area contributed by atoms with E-state index in [-0.39, 0.29) is 96.5 Å². The number of hydrogen-bond acceptors (Lipinski definition) is 8. The molecule has 0 unspecified atom stereocenters. The van der Waals surface area contributed by atoms with Gasteiger partial charge in [0.1, 0.15) is 17.2 Å². The molecule has 1 saturated carbocycles. The monoisotopic (exact) mass is 1110 g/mol. The Balaban J connectivity index is 0.000000401. The molecule has 4 aromatic rings. The van der Waals surface area contributed by atoms with Crippen LogP contribution in [0.5, 0.6) is 0 Å². The molecule has 428 valence electrons. The molecule has 0 spiro atoms. The Kier molecular flexibility index (Phi) is 23.9. The molecule has 2 aromatic carbocycles. The van der Waals surface area contributed by atoms with E-state index in [0.717, 1.165) is 53.2 Å². The van der Waals surface area contributed by atoms with Crippen LogP contribution in [0.3, 0.4) is 0 Å². The number of piperidine rings is 1. The summed E-state index contributed by atoms with van der Waals surface area (Å²) in [6.07, 6.45) is 4.41. The van der Waals surface area contributed by atoms with Crippen molar-refractivity contribution in [3.63, 3.8) is 0 Å². The van der Waals surface area contributed by atoms with Gasteiger partial charge in [0.25, 0.3) is 22.9 Å². The van der Waals surface area contributed by atoms with Crippen LogP contribution in [0.15, 0.2) is 46.0 Å². The first-order chi connectivity index (χ1) is 35.0. The highest BCUT2D eigenvalue weighted by Gasteiger charge is 2.39. The molecule has 0 bridgehead atoms. The highest BCUT2D eigenvalue weighted by molar-refractivity contribution is 5.98. The van der Waals surface area contributed by atoms with Crippen LogP contribution in [0, 0.1) is 51.2 Å². The Bertz CT molecular complexity index is 2790. The molecule has 77 heavy (non-hydrogen) atoms. The van der Waals surface area contributed by atoms with Crippen molar-refractivity contribution in [1.29, 1.82) is 0 Å². The number of ether oxygens (including phenoxy) is 1. The largest absolute Gasteiger partial charge is 0.444 e. The van der Waals surface area contributed by atoms with Crippen LogP contribution in [-0.2, 0) is 17.8 Å². The molecule has 1 aliphatic carbocycles. The standard InChI is InChI=1S/C32H47FN4O4.C28H40FN3O2.2ClH/c1-11-36(24-13-20(5)37(21(6)14-24)31(40)41-32(8,9)10)28-16-23(33)15-26(22(28)7)29(38)34-17-27-25(18(2)3)12-19(4)35-30(27)39;1-8-32(22-10-17(4)9-18(5)11-22)26-14-21(29)13-24(20(26)7)27(33)30-15-25-23(16(2)3)12-19(6)31-28(25)34;;/h12,15-16,18,20-21,24H,11,13-14,17H2,1-10H3,(H,34,38)(H,35,39);12-14,16-18,22H,8-11,15H2,1-7H3,(H,30,33)(H,31,34);2*1H/t20-,21-;17-,18-;;/m10../s1. The smallest absolute Gasteiger partial charge is 0.410 e. The Hall–Kier alpha value is -5.41. The third-order valence-electron chi connectivity index (χ3n) is 15.0. The fraction of sp³-hybridized carbons (Fsp3) is 0.583. The topological polar surface area (TPSA) is 160 Å². The van der Waals surface area contributed by atoms with Gasteiger partial charge in [-0.25, -0.2) is 13.6 Å². The predicted molar refractivity (Wildman–Crippen MR) is 313 cm³/mol. The molecule has 1 saturated heterocycles. The van der Waals surface area contributed by atoms with E-state index in [1.165, 1.54) is 24.6 Å². The van der Waals surface area contributed by atoms with Crippen LogP contribution in [-0.4, -0.2) is 75.6 Å². The average molecular weight is 1110 g/mol. The molecule has 1 aliphatic heterocycles. The molecule has 4 atom stereocenters. The number of aryl methyl sites for hydroxylation is 2. The van der Waals surface area contributed by atoms with Crippen molar-refractivity contribution in [1.82, 2.24) is 25.5 Å². The second kappa shape index (κ2) is 28.0. The Morgan fingerprint density at radius 3 is 1.34 bits per heavy atom. The fourth-order valence-corrected chi connectivity index (χ4v) is 11.7. The van der Waals surface area contributed by atoms with E-state index in [9.17, 15) is 28.4 Å². The summed E-state index contributed by atoms with van der Waals surface area (Å²) in [5, 5.41) is 5.72. The van der Waals surface area contributed by atoms with Crippen molar-refractivity contribution in [2.45, 2.75) is 205 Å². The van der Waals surface area contributed by atoms with Crippen molar-refractivity contribution in [3.8, 4) is 0 Å². The number of pyridine rings is 2. The van der Waals surface area contributed by atoms with Gasteiger partial charge in [-0.2, -0.15) is 0 Å². The number of likely N-dealkylation sites (tertiary alicyclic amines) is 1. The molecule has 2 aromatic heterocycles. The van der Waals surface area contributed by atoms with Crippen molar-refractivity contribution in [2.24, 2.45) is 11.8 Å². The van der Waals surface area contributed by atoms with E-state index in [4.69, 9.17) is 4.74 Å². The van der Waals surface area contributed by atoms with Crippen LogP contribution >= 0.6 is 24.8 Å². The molecule has 4 N–H and O–H groups in total. The maximum atomic E-state index is 15.0. The summed E-state index contributed by atoms with van der Waals surface area (Å²) in [5.41, 5.74) is 6.82. The number of rotatable bonds is 14. The summed E-state index contributed by atoms with van der Waals surface area (Å²) in [5.74, 6) is -0.215. The fourth-order valence-electron chi connectivity index (χ4n) is 11.7. The van der Waals surface area contributed by atoms with Crippen molar-refractivity contribution in [2.75, 3.05) is 22.9 Å². The van der Waals surface area contributed by atoms with Crippen molar-refractivity contribution in [3.05, 3.63) is 125 Å². The number of H-pyrrole nitrogens is 2. The molecule has 2 aliphatic rings. The van der Waals surface area contributed by atoms with Gasteiger partial charge in [0.2, 0.25) is 0 Å². The Morgan fingerprint density at radius 2 is 1.00 bits per heavy atom. The number of anilines is 2. The van der Waals surface area contributed by atoms with E-state index < -0.39 is 23.1 Å². The maximum Gasteiger partial charge on any atom is 0.410 e. The molecular formula is C60H89Cl2F2N7O6. The quantitative estimate of drug-likeness (QED) is 0.0971. The number of nitrogens with one attached hydrogen (secondary N) is 4. The van der Waals surface area contributed by atoms with Gasteiger partial charge in [-0.05, 0) is 191 Å².